The Bertz CT molecular complexity index is 1840. The van der Waals surface area contributed by atoms with E-state index in [1.165, 1.54) is 32.0 Å². The van der Waals surface area contributed by atoms with Crippen LogP contribution in [0.1, 0.15) is 72.2 Å². The Morgan fingerprint density at radius 1 is 1.21 bits per heavy atom. The van der Waals surface area contributed by atoms with Gasteiger partial charge in [-0.3, -0.25) is 19.2 Å². The normalized spacial score (nSPS) is 22.4. The van der Waals surface area contributed by atoms with Gasteiger partial charge in [-0.25, -0.2) is 0 Å². The number of hydrogen-bond acceptors (Lipinski definition) is 12. The number of aromatic nitrogens is 2. The Labute approximate surface area is 284 Å². The van der Waals surface area contributed by atoms with Crippen LogP contribution < -0.4 is 24.8 Å². The molecule has 4 atom stereocenters. The molecular formula is C33H33ClN4O9S. The van der Waals surface area contributed by atoms with Crippen LogP contribution in [0, 0.1) is 5.92 Å². The van der Waals surface area contributed by atoms with Gasteiger partial charge in [-0.2, -0.15) is 4.98 Å². The van der Waals surface area contributed by atoms with Crippen molar-refractivity contribution in [2.24, 2.45) is 5.92 Å². The number of aliphatic hydroxyl groups excluding tert-OH is 1. The minimum atomic E-state index is -2.00. The van der Waals surface area contributed by atoms with E-state index in [1.54, 1.807) is 19.1 Å². The molecule has 1 aliphatic carbocycles. The summed E-state index contributed by atoms with van der Waals surface area (Å²) in [5, 5.41) is 21.5. The molecule has 3 aliphatic rings. The predicted molar refractivity (Wildman–Crippen MR) is 173 cm³/mol. The second-order valence-electron chi connectivity index (χ2n) is 11.8. The highest BCUT2D eigenvalue weighted by atomic mass is 35.5. The zero-order chi connectivity index (χ0) is 34.3. The summed E-state index contributed by atoms with van der Waals surface area (Å²) in [7, 11) is 2.78. The van der Waals surface area contributed by atoms with E-state index >= 15 is 0 Å². The summed E-state index contributed by atoms with van der Waals surface area (Å²) in [5.74, 6) is -3.23. The molecule has 1 spiro atoms. The molecule has 4 unspecified atom stereocenters. The lowest BCUT2D eigenvalue weighted by atomic mass is 9.69. The Kier molecular flexibility index (Phi) is 9.14. The molecule has 1 aromatic heterocycles. The Morgan fingerprint density at radius 3 is 2.58 bits per heavy atom. The van der Waals surface area contributed by atoms with E-state index in [4.69, 9.17) is 30.3 Å². The highest BCUT2D eigenvalue weighted by Crippen LogP contribution is 2.55. The van der Waals surface area contributed by atoms with Crippen molar-refractivity contribution in [3.63, 3.8) is 0 Å². The number of nitrogens with zero attached hydrogens (tertiary/aromatic N) is 2. The van der Waals surface area contributed by atoms with Crippen molar-refractivity contribution in [1.82, 2.24) is 20.8 Å². The summed E-state index contributed by atoms with van der Waals surface area (Å²) >= 11 is 8.11. The van der Waals surface area contributed by atoms with E-state index in [9.17, 15) is 24.3 Å². The second-order valence-corrected chi connectivity index (χ2v) is 13.0. The molecule has 0 radical (unpaired) electrons. The van der Waals surface area contributed by atoms with E-state index in [1.807, 2.05) is 18.4 Å². The predicted octanol–water partition coefficient (Wildman–Crippen LogP) is 4.64. The number of amides is 2. The van der Waals surface area contributed by atoms with E-state index in [2.05, 4.69) is 20.8 Å². The van der Waals surface area contributed by atoms with Crippen molar-refractivity contribution in [1.29, 1.82) is 0 Å². The van der Waals surface area contributed by atoms with Crippen LogP contribution in [-0.4, -0.2) is 64.7 Å². The number of fused-ring (bicyclic) bond motifs is 1. The molecule has 1 saturated heterocycles. The van der Waals surface area contributed by atoms with Crippen LogP contribution in [0.2, 0.25) is 5.02 Å². The van der Waals surface area contributed by atoms with Crippen molar-refractivity contribution < 1.29 is 43.0 Å². The molecule has 15 heteroatoms. The highest BCUT2D eigenvalue weighted by molar-refractivity contribution is 7.98. The SMILES string of the molecule is COc1cc(OC)c2c(c1Cl)OC1(C2=O)C(O)=C(C(CC(=O)NCc2noc(C3CCC(=O)N3)n2)c2ccc(SC)cc2)C(=O)CC1C. The van der Waals surface area contributed by atoms with Gasteiger partial charge in [-0.1, -0.05) is 35.8 Å². The summed E-state index contributed by atoms with van der Waals surface area (Å²) in [6.45, 7) is 1.55. The van der Waals surface area contributed by atoms with Crippen molar-refractivity contribution in [3.8, 4) is 17.2 Å². The zero-order valence-electron chi connectivity index (χ0n) is 26.5. The average Bonchev–Trinajstić information content (AvgIpc) is 3.81. The Hall–Kier alpha value is -4.56. The third-order valence-corrected chi connectivity index (χ3v) is 10.1. The zero-order valence-corrected chi connectivity index (χ0v) is 28.1. The fourth-order valence-electron chi connectivity index (χ4n) is 6.48. The standard InChI is InChI=1S/C33H33ClN4O9S/c1-15-11-20(39)26(30(42)33(15)31(43)27-21(44-2)13-22(45-3)28(34)29(27)46-33)18(16-5-7-17(48-4)8-6-16)12-25(41)35-14-23-37-32(47-38-23)19-9-10-24(40)36-19/h5-8,13,15,18-19,42H,9-12,14H2,1-4H3,(H,35,41)(H,36,40). The lowest BCUT2D eigenvalue weighted by molar-refractivity contribution is -0.122. The molecule has 3 heterocycles. The van der Waals surface area contributed by atoms with Crippen molar-refractivity contribution in [2.45, 2.75) is 61.6 Å². The first-order chi connectivity index (χ1) is 23.0. The molecule has 2 amide bonds. The van der Waals surface area contributed by atoms with Crippen LogP contribution in [0.3, 0.4) is 0 Å². The summed E-state index contributed by atoms with van der Waals surface area (Å²) in [6, 6.07) is 8.33. The molecule has 6 rings (SSSR count). The maximum atomic E-state index is 14.3. The third-order valence-electron chi connectivity index (χ3n) is 8.99. The molecule has 3 aromatic rings. The van der Waals surface area contributed by atoms with Gasteiger partial charge < -0.3 is 34.5 Å². The van der Waals surface area contributed by atoms with Gasteiger partial charge in [0.2, 0.25) is 29.1 Å². The molecule has 13 nitrogen and oxygen atoms in total. The number of thioether (sulfide) groups is 1. The van der Waals surface area contributed by atoms with Crippen LogP contribution in [-0.2, 0) is 20.9 Å². The monoisotopic (exact) mass is 696 g/mol. The maximum absolute atomic E-state index is 14.3. The highest BCUT2D eigenvalue weighted by Gasteiger charge is 2.61. The molecule has 1 fully saturated rings. The van der Waals surface area contributed by atoms with Gasteiger partial charge in [-0.05, 0) is 30.4 Å². The van der Waals surface area contributed by atoms with Crippen molar-refractivity contribution in [2.75, 3.05) is 20.5 Å². The number of benzene rings is 2. The fourth-order valence-corrected chi connectivity index (χ4v) is 7.15. The minimum Gasteiger partial charge on any atom is -0.507 e. The molecule has 252 valence electrons. The van der Waals surface area contributed by atoms with Gasteiger partial charge in [0.1, 0.15) is 28.1 Å². The van der Waals surface area contributed by atoms with Gasteiger partial charge in [0.15, 0.2) is 23.1 Å². The number of ether oxygens (including phenoxy) is 3. The molecule has 3 N–H and O–H groups in total. The average molecular weight is 697 g/mol. The maximum Gasteiger partial charge on any atom is 0.249 e. The van der Waals surface area contributed by atoms with Crippen LogP contribution in [0.15, 0.2) is 51.1 Å². The fraction of sp³-hybridized carbons (Fsp3) is 0.394. The van der Waals surface area contributed by atoms with Crippen LogP contribution in [0.5, 0.6) is 17.2 Å². The first kappa shape index (κ1) is 33.3. The number of ketones is 2. The molecular weight excluding hydrogens is 664 g/mol. The van der Waals surface area contributed by atoms with E-state index in [0.717, 1.165) is 4.90 Å². The molecule has 0 bridgehead atoms. The topological polar surface area (TPSA) is 179 Å². The summed E-state index contributed by atoms with van der Waals surface area (Å²) in [5.41, 5.74) is -1.52. The van der Waals surface area contributed by atoms with E-state index in [-0.39, 0.29) is 76.5 Å². The number of rotatable bonds is 10. The minimum absolute atomic E-state index is 0.0143. The molecule has 48 heavy (non-hydrogen) atoms. The van der Waals surface area contributed by atoms with E-state index < -0.39 is 40.7 Å². The number of halogens is 1. The van der Waals surface area contributed by atoms with Gasteiger partial charge in [-0.15, -0.1) is 11.8 Å². The van der Waals surface area contributed by atoms with Crippen molar-refractivity contribution >= 4 is 46.7 Å². The Balaban J connectivity index is 1.35. The van der Waals surface area contributed by atoms with Crippen LogP contribution >= 0.6 is 23.4 Å². The summed E-state index contributed by atoms with van der Waals surface area (Å²) in [6.07, 6.45) is 2.39. The number of hydrogen-bond donors (Lipinski definition) is 3. The first-order valence-corrected chi connectivity index (χ1v) is 16.8. The van der Waals surface area contributed by atoms with Crippen molar-refractivity contribution in [3.05, 3.63) is 69.5 Å². The first-order valence-electron chi connectivity index (χ1n) is 15.2. The van der Waals surface area contributed by atoms with Gasteiger partial charge in [0.05, 0.1) is 20.8 Å². The largest absolute Gasteiger partial charge is 0.507 e. The molecule has 2 aliphatic heterocycles. The van der Waals surface area contributed by atoms with Crippen LogP contribution in [0.4, 0.5) is 0 Å². The number of aliphatic hydroxyl groups is 1. The smallest absolute Gasteiger partial charge is 0.249 e. The molecule has 2 aromatic carbocycles. The Morgan fingerprint density at radius 2 is 1.94 bits per heavy atom. The lowest BCUT2D eigenvalue weighted by Gasteiger charge is -2.38. The number of nitrogens with one attached hydrogen (secondary N) is 2. The summed E-state index contributed by atoms with van der Waals surface area (Å²) in [4.78, 5) is 58.4. The third kappa shape index (κ3) is 5.66. The number of Topliss-reactive ketones (excluding diaryl/α,β-unsaturated/α-hetero) is 2. The number of carbonyl (C=O) groups excluding carboxylic acids is 4. The van der Waals surface area contributed by atoms with E-state index in [0.29, 0.717) is 18.4 Å². The van der Waals surface area contributed by atoms with Gasteiger partial charge in [0.25, 0.3) is 0 Å². The number of carbonyl (C=O) groups is 4. The number of allylic oxidation sites excluding steroid dienone is 1. The second kappa shape index (κ2) is 13.2. The molecule has 0 saturated carbocycles. The van der Waals surface area contributed by atoms with Gasteiger partial charge in [0, 0.05) is 47.6 Å². The lowest BCUT2D eigenvalue weighted by Crippen LogP contribution is -2.53. The van der Waals surface area contributed by atoms with Gasteiger partial charge >= 0.3 is 0 Å². The summed E-state index contributed by atoms with van der Waals surface area (Å²) < 4.78 is 22.4. The number of methoxy groups -OCH3 is 2. The van der Waals surface area contributed by atoms with Crippen LogP contribution in [0.25, 0.3) is 0 Å². The quantitative estimate of drug-likeness (QED) is 0.251.